The summed E-state index contributed by atoms with van der Waals surface area (Å²) in [5.41, 5.74) is -1.24. The van der Waals surface area contributed by atoms with Gasteiger partial charge in [-0.3, -0.25) is 14.5 Å². The molecule has 0 bridgehead atoms. The van der Waals surface area contributed by atoms with Gasteiger partial charge in [-0.25, -0.2) is 9.63 Å². The molecular formula is C8H10N3O5P. The second kappa shape index (κ2) is 5.65. The highest BCUT2D eigenvalue weighted by atomic mass is 31.2. The fourth-order valence-corrected chi connectivity index (χ4v) is 3.10. The van der Waals surface area contributed by atoms with Crippen LogP contribution in [-0.4, -0.2) is 35.0 Å². The first-order chi connectivity index (χ1) is 8.05. The van der Waals surface area contributed by atoms with Gasteiger partial charge in [-0.1, -0.05) is 0 Å². The Morgan fingerprint density at radius 3 is 2.88 bits per heavy atom. The van der Waals surface area contributed by atoms with Gasteiger partial charge in [0.05, 0.1) is 6.07 Å². The van der Waals surface area contributed by atoms with Crippen molar-refractivity contribution >= 4 is 13.5 Å². The van der Waals surface area contributed by atoms with Crippen LogP contribution in [0.4, 0.5) is 0 Å². The third-order valence-electron chi connectivity index (χ3n) is 2.25. The molecule has 8 nitrogen and oxygen atoms in total. The van der Waals surface area contributed by atoms with Crippen molar-refractivity contribution < 1.29 is 23.6 Å². The van der Waals surface area contributed by atoms with Gasteiger partial charge in [0, 0.05) is 6.54 Å². The molecule has 92 valence electrons. The van der Waals surface area contributed by atoms with Crippen LogP contribution in [0.1, 0.15) is 12.8 Å². The predicted octanol–water partition coefficient (Wildman–Crippen LogP) is 0.598. The molecule has 1 saturated heterocycles. The summed E-state index contributed by atoms with van der Waals surface area (Å²) in [6, 6.07) is 1.58. The summed E-state index contributed by atoms with van der Waals surface area (Å²) in [6.45, 7) is -0.436. The second-order valence-corrected chi connectivity index (χ2v) is 5.42. The number of nitrogens with zero attached hydrogens (tertiary/aromatic N) is 3. The minimum atomic E-state index is -4.04. The van der Waals surface area contributed by atoms with Crippen molar-refractivity contribution in [2.45, 2.75) is 18.5 Å². The molecule has 9 heteroatoms. The Bertz CT molecular complexity index is 426. The van der Waals surface area contributed by atoms with Crippen LogP contribution in [-0.2, 0) is 18.4 Å². The third kappa shape index (κ3) is 2.95. The van der Waals surface area contributed by atoms with E-state index in [0.29, 0.717) is 11.5 Å². The normalized spacial score (nSPS) is 23.4. The Labute approximate surface area is 97.4 Å². The molecule has 1 aliphatic rings. The highest BCUT2D eigenvalue weighted by Crippen LogP contribution is 2.55. The first kappa shape index (κ1) is 13.5. The van der Waals surface area contributed by atoms with Crippen LogP contribution in [0.3, 0.4) is 0 Å². The molecule has 1 N–H and O–H groups in total. The molecule has 0 aliphatic carbocycles. The smallest absolute Gasteiger partial charge is 0.348 e. The molecule has 1 heterocycles. The van der Waals surface area contributed by atoms with Crippen LogP contribution in [0.25, 0.3) is 0 Å². The van der Waals surface area contributed by atoms with E-state index < -0.39 is 25.8 Å². The number of nitriles is 2. The topological polar surface area (TPSA) is 124 Å². The molecule has 2 atom stereocenters. The lowest BCUT2D eigenvalue weighted by atomic mass is 10.1. The zero-order chi connectivity index (χ0) is 12.9. The van der Waals surface area contributed by atoms with E-state index >= 15 is 0 Å². The van der Waals surface area contributed by atoms with E-state index in [2.05, 4.69) is 9.05 Å². The van der Waals surface area contributed by atoms with Gasteiger partial charge in [0.1, 0.15) is 6.61 Å². The number of rotatable bonds is 4. The number of carbonyl (C=O) groups is 1. The van der Waals surface area contributed by atoms with Gasteiger partial charge < -0.3 is 4.52 Å². The summed E-state index contributed by atoms with van der Waals surface area (Å²) in [6.07, 6.45) is 1.77. The lowest BCUT2D eigenvalue weighted by molar-refractivity contribution is -0.169. The second-order valence-electron chi connectivity index (χ2n) is 3.27. The standard InChI is InChI=1S/C8H10N3O5P/c9-3-5-15-17(14,16-6-10)7-2-1-4-11(13)8(7)12/h7,13H,1-2,4-5H2. The monoisotopic (exact) mass is 259 g/mol. The largest absolute Gasteiger partial charge is 0.402 e. The minimum absolute atomic E-state index is 0.125. The lowest BCUT2D eigenvalue weighted by Gasteiger charge is -2.29. The molecule has 0 aromatic rings. The third-order valence-corrected chi connectivity index (χ3v) is 4.31. The van der Waals surface area contributed by atoms with E-state index in [1.54, 1.807) is 6.07 Å². The number of hydrogen-bond donors (Lipinski definition) is 1. The molecule has 0 aromatic heterocycles. The molecule has 17 heavy (non-hydrogen) atoms. The number of piperidine rings is 1. The van der Waals surface area contributed by atoms with Crippen LogP contribution < -0.4 is 0 Å². The first-order valence-corrected chi connectivity index (χ1v) is 6.35. The fraction of sp³-hybridized carbons (Fsp3) is 0.625. The maximum Gasteiger partial charge on any atom is 0.402 e. The van der Waals surface area contributed by atoms with Crippen molar-refractivity contribution in [3.05, 3.63) is 0 Å². The molecule has 0 aromatic carbocycles. The molecule has 0 saturated carbocycles. The SMILES string of the molecule is N#CCOP(=O)(OC#N)C1CCCN(O)C1=O. The molecule has 0 radical (unpaired) electrons. The van der Waals surface area contributed by atoms with E-state index in [-0.39, 0.29) is 13.0 Å². The molecule has 2 unspecified atom stereocenters. The van der Waals surface area contributed by atoms with E-state index in [1.165, 1.54) is 6.26 Å². The maximum atomic E-state index is 12.1. The zero-order valence-electron chi connectivity index (χ0n) is 8.77. The Kier molecular flexibility index (Phi) is 4.47. The van der Waals surface area contributed by atoms with Crippen molar-refractivity contribution in [3.8, 4) is 12.3 Å². The van der Waals surface area contributed by atoms with Crippen molar-refractivity contribution in [2.24, 2.45) is 0 Å². The summed E-state index contributed by atoms with van der Waals surface area (Å²) in [7, 11) is -4.04. The highest BCUT2D eigenvalue weighted by molar-refractivity contribution is 7.55. The number of hydroxylamine groups is 2. The average molecular weight is 259 g/mol. The summed E-state index contributed by atoms with van der Waals surface area (Å²) in [5, 5.41) is 26.3. The molecule has 1 fully saturated rings. The zero-order valence-corrected chi connectivity index (χ0v) is 9.67. The van der Waals surface area contributed by atoms with E-state index in [1.807, 2.05) is 0 Å². The summed E-state index contributed by atoms with van der Waals surface area (Å²) in [4.78, 5) is 11.6. The van der Waals surface area contributed by atoms with Crippen molar-refractivity contribution in [1.82, 2.24) is 5.06 Å². The van der Waals surface area contributed by atoms with Crippen molar-refractivity contribution in [1.29, 1.82) is 10.5 Å². The molecule has 1 rings (SSSR count). The fourth-order valence-electron chi connectivity index (χ4n) is 1.49. The predicted molar refractivity (Wildman–Crippen MR) is 52.4 cm³/mol. The Hall–Kier alpha value is -1.60. The van der Waals surface area contributed by atoms with Gasteiger partial charge in [-0.15, -0.1) is 5.26 Å². The van der Waals surface area contributed by atoms with Crippen molar-refractivity contribution in [3.63, 3.8) is 0 Å². The molecule has 1 amide bonds. The van der Waals surface area contributed by atoms with Gasteiger partial charge in [-0.05, 0) is 12.8 Å². The van der Waals surface area contributed by atoms with E-state index in [9.17, 15) is 14.6 Å². The van der Waals surface area contributed by atoms with E-state index in [4.69, 9.17) is 10.5 Å². The van der Waals surface area contributed by atoms with Crippen LogP contribution in [0.2, 0.25) is 0 Å². The Morgan fingerprint density at radius 1 is 1.59 bits per heavy atom. The van der Waals surface area contributed by atoms with Gasteiger partial charge >= 0.3 is 7.60 Å². The minimum Gasteiger partial charge on any atom is -0.348 e. The van der Waals surface area contributed by atoms with Gasteiger partial charge in [0.15, 0.2) is 5.66 Å². The van der Waals surface area contributed by atoms with Crippen LogP contribution in [0.15, 0.2) is 0 Å². The first-order valence-electron chi connectivity index (χ1n) is 4.74. The van der Waals surface area contributed by atoms with Gasteiger partial charge in [0.25, 0.3) is 12.2 Å². The average Bonchev–Trinajstić information content (AvgIpc) is 2.30. The van der Waals surface area contributed by atoms with Gasteiger partial charge in [0.2, 0.25) is 0 Å². The Balaban J connectivity index is 2.90. The lowest BCUT2D eigenvalue weighted by Crippen LogP contribution is -2.42. The molecular weight excluding hydrogens is 249 g/mol. The molecule has 0 spiro atoms. The van der Waals surface area contributed by atoms with Gasteiger partial charge in [-0.2, -0.15) is 5.26 Å². The van der Waals surface area contributed by atoms with E-state index in [0.717, 1.165) is 0 Å². The maximum absolute atomic E-state index is 12.1. The van der Waals surface area contributed by atoms with Crippen LogP contribution >= 0.6 is 7.60 Å². The quantitative estimate of drug-likeness (QED) is 0.445. The number of amides is 1. The summed E-state index contributed by atoms with van der Waals surface area (Å²) in [5.74, 6) is -0.826. The van der Waals surface area contributed by atoms with Crippen LogP contribution in [0.5, 0.6) is 0 Å². The summed E-state index contributed by atoms with van der Waals surface area (Å²) < 4.78 is 21.1. The number of carbonyl (C=O) groups excluding carboxylic acids is 1. The number of hydrogen-bond acceptors (Lipinski definition) is 7. The Morgan fingerprint density at radius 2 is 2.29 bits per heavy atom. The summed E-state index contributed by atoms with van der Waals surface area (Å²) >= 11 is 0. The van der Waals surface area contributed by atoms with Crippen molar-refractivity contribution in [2.75, 3.05) is 13.2 Å². The van der Waals surface area contributed by atoms with Crippen LogP contribution in [0, 0.1) is 22.8 Å². The highest BCUT2D eigenvalue weighted by Gasteiger charge is 2.46. The molecule has 1 aliphatic heterocycles.